The zero-order valence-electron chi connectivity index (χ0n) is 27.9. The monoisotopic (exact) mass is 612 g/mol. The highest BCUT2D eigenvalue weighted by molar-refractivity contribution is 6.99. The summed E-state index contributed by atoms with van der Waals surface area (Å²) in [6.45, 7) is 17.3. The molecular formula is C38H52N2O3Si. The Kier molecular flexibility index (Phi) is 9.74. The number of rotatable bonds is 7. The fraction of sp³-hybridized carbons (Fsp3) is 0.500. The van der Waals surface area contributed by atoms with Gasteiger partial charge in [0.2, 0.25) is 0 Å². The van der Waals surface area contributed by atoms with Gasteiger partial charge in [-0.15, -0.1) is 0 Å². The molecular weight excluding hydrogens is 561 g/mol. The molecule has 1 heterocycles. The molecule has 5 nitrogen and oxygen atoms in total. The zero-order chi connectivity index (χ0) is 31.5. The van der Waals surface area contributed by atoms with E-state index in [2.05, 4.69) is 111 Å². The highest BCUT2D eigenvalue weighted by Crippen LogP contribution is 2.39. The van der Waals surface area contributed by atoms with Crippen LogP contribution >= 0.6 is 0 Å². The molecule has 1 aliphatic heterocycles. The van der Waals surface area contributed by atoms with Crippen LogP contribution < -0.4 is 15.7 Å². The number of carbonyl (C=O) groups excluding carboxylic acids is 1. The molecule has 0 spiro atoms. The Morgan fingerprint density at radius 3 is 2.00 bits per heavy atom. The molecule has 0 bridgehead atoms. The molecule has 3 aromatic rings. The van der Waals surface area contributed by atoms with Crippen LogP contribution in [0.2, 0.25) is 5.04 Å². The first-order valence-electron chi connectivity index (χ1n) is 16.5. The van der Waals surface area contributed by atoms with Crippen LogP contribution in [0.5, 0.6) is 0 Å². The highest BCUT2D eigenvalue weighted by atomic mass is 28.4. The topological polar surface area (TPSA) is 50.8 Å². The van der Waals surface area contributed by atoms with E-state index < -0.39 is 20.0 Å². The summed E-state index contributed by atoms with van der Waals surface area (Å²) in [5.74, 6) is 0.622. The Hall–Kier alpha value is -2.93. The summed E-state index contributed by atoms with van der Waals surface area (Å²) in [5.41, 5.74) is 3.05. The molecule has 5 rings (SSSR count). The number of nitrogens with one attached hydrogen (secondary N) is 1. The van der Waals surface area contributed by atoms with E-state index in [0.717, 1.165) is 44.5 Å². The van der Waals surface area contributed by atoms with Crippen molar-refractivity contribution in [2.24, 2.45) is 5.92 Å². The van der Waals surface area contributed by atoms with E-state index in [4.69, 9.17) is 9.16 Å². The lowest BCUT2D eigenvalue weighted by molar-refractivity contribution is 0.0636. The minimum atomic E-state index is -2.57. The summed E-state index contributed by atoms with van der Waals surface area (Å²) in [5, 5.41) is 5.62. The largest absolute Gasteiger partial charge is 0.444 e. The summed E-state index contributed by atoms with van der Waals surface area (Å²) in [7, 11) is -2.57. The SMILES string of the molecule is CC(C1CCc2ccc(NC(=O)OC(C)(C)C)cc2CC1)N1CC[C@H](O[Si](c2ccccc2)(c2ccccc2)C(C)(C)C)C1. The molecule has 0 aromatic heterocycles. The number of aryl methyl sites for hydroxylation is 2. The number of benzene rings is 3. The first-order chi connectivity index (χ1) is 20.9. The van der Waals surface area contributed by atoms with Crippen molar-refractivity contribution in [3.05, 3.63) is 90.0 Å². The number of hydrogen-bond acceptors (Lipinski definition) is 4. The molecule has 0 saturated carbocycles. The third kappa shape index (κ3) is 7.30. The number of likely N-dealkylation sites (tertiary alicyclic amines) is 1. The number of hydrogen-bond donors (Lipinski definition) is 1. The van der Waals surface area contributed by atoms with E-state index in [-0.39, 0.29) is 11.1 Å². The minimum Gasteiger partial charge on any atom is -0.444 e. The summed E-state index contributed by atoms with van der Waals surface area (Å²) >= 11 is 0. The summed E-state index contributed by atoms with van der Waals surface area (Å²) < 4.78 is 13.0. The number of nitrogens with zero attached hydrogens (tertiary/aromatic N) is 1. The molecule has 6 heteroatoms. The van der Waals surface area contributed by atoms with Gasteiger partial charge in [-0.25, -0.2) is 4.79 Å². The Morgan fingerprint density at radius 1 is 0.841 bits per heavy atom. The van der Waals surface area contributed by atoms with E-state index in [9.17, 15) is 4.79 Å². The predicted molar refractivity (Wildman–Crippen MR) is 185 cm³/mol. The van der Waals surface area contributed by atoms with Crippen LogP contribution in [0.3, 0.4) is 0 Å². The second kappa shape index (κ2) is 13.2. The maximum absolute atomic E-state index is 12.3. The molecule has 2 aliphatic rings. The summed E-state index contributed by atoms with van der Waals surface area (Å²) in [6.07, 6.45) is 5.33. The number of anilines is 1. The lowest BCUT2D eigenvalue weighted by atomic mass is 9.91. The van der Waals surface area contributed by atoms with E-state index in [0.29, 0.717) is 12.0 Å². The van der Waals surface area contributed by atoms with Crippen molar-refractivity contribution in [2.45, 2.75) is 103 Å². The van der Waals surface area contributed by atoms with Gasteiger partial charge in [0.1, 0.15) is 5.60 Å². The number of amides is 1. The Morgan fingerprint density at radius 2 is 1.43 bits per heavy atom. The average Bonchev–Trinajstić information content (AvgIpc) is 3.34. The van der Waals surface area contributed by atoms with Crippen LogP contribution in [-0.2, 0) is 22.0 Å². The Bertz CT molecular complexity index is 1360. The van der Waals surface area contributed by atoms with Crippen molar-refractivity contribution in [1.29, 1.82) is 0 Å². The van der Waals surface area contributed by atoms with Gasteiger partial charge in [0.25, 0.3) is 8.32 Å². The zero-order valence-corrected chi connectivity index (χ0v) is 28.9. The molecule has 1 aliphatic carbocycles. The van der Waals surface area contributed by atoms with Crippen LogP contribution in [0.25, 0.3) is 0 Å². The van der Waals surface area contributed by atoms with Gasteiger partial charge >= 0.3 is 6.09 Å². The first-order valence-corrected chi connectivity index (χ1v) is 18.4. The Labute approximate surface area is 266 Å². The van der Waals surface area contributed by atoms with E-state index in [1.54, 1.807) is 0 Å². The van der Waals surface area contributed by atoms with Gasteiger partial charge in [-0.2, -0.15) is 0 Å². The second-order valence-electron chi connectivity index (χ2n) is 14.9. The van der Waals surface area contributed by atoms with Crippen LogP contribution in [-0.4, -0.2) is 50.1 Å². The van der Waals surface area contributed by atoms with E-state index >= 15 is 0 Å². The maximum atomic E-state index is 12.3. The molecule has 44 heavy (non-hydrogen) atoms. The van der Waals surface area contributed by atoms with Gasteiger partial charge in [0, 0.05) is 24.8 Å². The van der Waals surface area contributed by atoms with E-state index in [1.165, 1.54) is 27.9 Å². The lowest BCUT2D eigenvalue weighted by Gasteiger charge is -2.44. The smallest absolute Gasteiger partial charge is 0.412 e. The van der Waals surface area contributed by atoms with Crippen molar-refractivity contribution in [3.8, 4) is 0 Å². The van der Waals surface area contributed by atoms with Gasteiger partial charge in [-0.1, -0.05) is 87.5 Å². The second-order valence-corrected chi connectivity index (χ2v) is 19.1. The fourth-order valence-electron chi connectivity index (χ4n) is 7.37. The van der Waals surface area contributed by atoms with Gasteiger partial charge in [-0.05, 0) is 104 Å². The van der Waals surface area contributed by atoms with Gasteiger partial charge in [0.15, 0.2) is 0 Å². The molecule has 3 aromatic carbocycles. The summed E-state index contributed by atoms with van der Waals surface area (Å²) in [4.78, 5) is 15.0. The van der Waals surface area contributed by atoms with Crippen LogP contribution in [0.1, 0.15) is 78.9 Å². The molecule has 0 radical (unpaired) electrons. The van der Waals surface area contributed by atoms with Crippen LogP contribution in [0, 0.1) is 5.92 Å². The van der Waals surface area contributed by atoms with E-state index in [1.807, 2.05) is 26.8 Å². The highest BCUT2D eigenvalue weighted by Gasteiger charge is 2.52. The molecule has 3 atom stereocenters. The fourth-order valence-corrected chi connectivity index (χ4v) is 12.1. The molecule has 2 unspecified atom stereocenters. The molecule has 1 amide bonds. The molecule has 1 fully saturated rings. The Balaban J connectivity index is 1.27. The van der Waals surface area contributed by atoms with Crippen molar-refractivity contribution >= 4 is 30.5 Å². The quantitative estimate of drug-likeness (QED) is 0.221. The van der Waals surface area contributed by atoms with Gasteiger partial charge in [0.05, 0.1) is 6.10 Å². The molecule has 1 N–H and O–H groups in total. The van der Waals surface area contributed by atoms with Crippen molar-refractivity contribution < 1.29 is 14.0 Å². The molecule has 236 valence electrons. The predicted octanol–water partition coefficient (Wildman–Crippen LogP) is 7.57. The van der Waals surface area contributed by atoms with Crippen LogP contribution in [0.4, 0.5) is 10.5 Å². The van der Waals surface area contributed by atoms with Crippen LogP contribution in [0.15, 0.2) is 78.9 Å². The number of fused-ring (bicyclic) bond motifs is 1. The normalized spacial score (nSPS) is 20.4. The van der Waals surface area contributed by atoms with Crippen molar-refractivity contribution in [1.82, 2.24) is 4.90 Å². The number of carbonyl (C=O) groups is 1. The van der Waals surface area contributed by atoms with Crippen molar-refractivity contribution in [2.75, 3.05) is 18.4 Å². The summed E-state index contributed by atoms with van der Waals surface area (Å²) in [6, 6.07) is 28.9. The third-order valence-corrected chi connectivity index (χ3v) is 14.7. The van der Waals surface area contributed by atoms with Gasteiger partial charge < -0.3 is 9.16 Å². The van der Waals surface area contributed by atoms with Gasteiger partial charge in [-0.3, -0.25) is 10.2 Å². The number of ether oxygens (including phenoxy) is 1. The maximum Gasteiger partial charge on any atom is 0.412 e. The lowest BCUT2D eigenvalue weighted by Crippen LogP contribution is -2.67. The third-order valence-electron chi connectivity index (χ3n) is 9.62. The van der Waals surface area contributed by atoms with Crippen molar-refractivity contribution in [3.63, 3.8) is 0 Å². The average molecular weight is 613 g/mol. The minimum absolute atomic E-state index is 0.0149. The standard InChI is InChI=1S/C38H52N2O3Si/c1-28(29-18-20-30-22-23-32(26-31(30)21-19-29)39-36(41)42-37(2,3)4)40-25-24-33(27-40)43-44(38(5,6)7,34-14-10-8-11-15-34)35-16-12-9-13-17-35/h8-17,22-23,26,28-29,33H,18-21,24-25,27H2,1-7H3,(H,39,41)/t28?,29?,33-/m0/s1. The first kappa shape index (κ1) is 32.5. The molecule has 1 saturated heterocycles.